The fourth-order valence-corrected chi connectivity index (χ4v) is 5.97. The van der Waals surface area contributed by atoms with Crippen molar-refractivity contribution in [2.75, 3.05) is 11.4 Å². The Kier molecular flexibility index (Phi) is 4.77. The first kappa shape index (κ1) is 18.5. The van der Waals surface area contributed by atoms with Gasteiger partial charge in [0.05, 0.1) is 13.1 Å². The average molecular weight is 383 g/mol. The lowest BCUT2D eigenvalue weighted by molar-refractivity contribution is -0.714. The summed E-state index contributed by atoms with van der Waals surface area (Å²) in [6.07, 6.45) is 7.15. The van der Waals surface area contributed by atoms with Gasteiger partial charge < -0.3 is 22.6 Å². The second kappa shape index (κ2) is 6.96. The Hall–Kier alpha value is -1.84. The molecular weight excluding hydrogens is 356 g/mol. The monoisotopic (exact) mass is 382 g/mol. The molecule has 3 aliphatic rings. The normalized spacial score (nSPS) is 25.6. The summed E-state index contributed by atoms with van der Waals surface area (Å²) < 4.78 is 0. The van der Waals surface area contributed by atoms with Crippen molar-refractivity contribution in [1.29, 1.82) is 0 Å². The number of carbonyl (C=O) groups is 1. The Morgan fingerprint density at radius 2 is 1.59 bits per heavy atom. The van der Waals surface area contributed by atoms with Gasteiger partial charge in [0.1, 0.15) is 11.0 Å². The second-order valence-corrected chi connectivity index (χ2v) is 8.26. The summed E-state index contributed by atoms with van der Waals surface area (Å²) in [6.45, 7) is 1.74. The molecule has 2 aliphatic heterocycles. The minimum atomic E-state index is -0.321. The van der Waals surface area contributed by atoms with Crippen LogP contribution in [0.3, 0.4) is 0 Å². The van der Waals surface area contributed by atoms with Gasteiger partial charge in [-0.2, -0.15) is 0 Å². The number of halogens is 1. The van der Waals surface area contributed by atoms with Gasteiger partial charge in [-0.25, -0.2) is 0 Å². The van der Waals surface area contributed by atoms with E-state index in [1.807, 2.05) is 6.07 Å². The minimum Gasteiger partial charge on any atom is -1.00 e. The Labute approximate surface area is 167 Å². The molecule has 1 saturated heterocycles. The lowest BCUT2D eigenvalue weighted by Gasteiger charge is -2.41. The lowest BCUT2D eigenvalue weighted by atomic mass is 9.61. The van der Waals surface area contributed by atoms with Crippen LogP contribution in [0.25, 0.3) is 0 Å². The first-order valence-corrected chi connectivity index (χ1v) is 10.1. The molecule has 0 radical (unpaired) electrons. The number of para-hydroxylation sites is 1. The summed E-state index contributed by atoms with van der Waals surface area (Å²) in [7, 11) is 0. The van der Waals surface area contributed by atoms with Crippen LogP contribution in [0.15, 0.2) is 54.6 Å². The van der Waals surface area contributed by atoms with Gasteiger partial charge in [0, 0.05) is 24.9 Å². The maximum Gasteiger partial charge on any atom is 0.244 e. The quantitative estimate of drug-likeness (QED) is 0.788. The molecule has 2 aromatic rings. The molecule has 1 saturated carbocycles. The molecule has 3 nitrogen and oxygen atoms in total. The Morgan fingerprint density at radius 3 is 2.37 bits per heavy atom. The lowest BCUT2D eigenvalue weighted by Crippen LogP contribution is -3.00. The first-order valence-electron chi connectivity index (χ1n) is 10.1. The molecule has 4 heteroatoms. The summed E-state index contributed by atoms with van der Waals surface area (Å²) in [4.78, 5) is 16.0. The van der Waals surface area contributed by atoms with E-state index in [2.05, 4.69) is 58.7 Å². The molecule has 2 heterocycles. The minimum absolute atomic E-state index is 0. The predicted molar refractivity (Wildman–Crippen MR) is 103 cm³/mol. The average Bonchev–Trinajstić information content (AvgIpc) is 3.16. The van der Waals surface area contributed by atoms with Crippen molar-refractivity contribution >= 4 is 11.6 Å². The van der Waals surface area contributed by atoms with Gasteiger partial charge in [0.2, 0.25) is 5.91 Å². The number of nitrogens with two attached hydrogens (primary N) is 1. The zero-order chi connectivity index (χ0) is 17.6. The third-order valence-electron chi connectivity index (χ3n) is 7.10. The van der Waals surface area contributed by atoms with E-state index in [0.717, 1.165) is 18.7 Å². The highest BCUT2D eigenvalue weighted by molar-refractivity contribution is 6.09. The first-order chi connectivity index (χ1) is 12.8. The number of rotatable bonds is 2. The zero-order valence-corrected chi connectivity index (χ0v) is 16.4. The van der Waals surface area contributed by atoms with Crippen molar-refractivity contribution < 1.29 is 22.5 Å². The summed E-state index contributed by atoms with van der Waals surface area (Å²) in [6, 6.07) is 19.0. The highest BCUT2D eigenvalue weighted by Crippen LogP contribution is 2.54. The molecule has 1 atom stereocenters. The molecule has 1 amide bonds. The smallest absolute Gasteiger partial charge is 0.244 e. The van der Waals surface area contributed by atoms with Crippen LogP contribution in [0.1, 0.15) is 49.7 Å². The largest absolute Gasteiger partial charge is 1.00 e. The summed E-state index contributed by atoms with van der Waals surface area (Å²) in [5.41, 5.74) is 3.38. The number of hydrogen-bond donors (Lipinski definition) is 1. The van der Waals surface area contributed by atoms with Gasteiger partial charge in [-0.05, 0) is 30.0 Å². The second-order valence-electron chi connectivity index (χ2n) is 8.26. The third-order valence-corrected chi connectivity index (χ3v) is 7.10. The summed E-state index contributed by atoms with van der Waals surface area (Å²) in [5, 5.41) is 2.52. The number of anilines is 1. The van der Waals surface area contributed by atoms with E-state index in [9.17, 15) is 4.79 Å². The van der Waals surface area contributed by atoms with Crippen LogP contribution in [0.5, 0.6) is 0 Å². The Morgan fingerprint density at radius 1 is 0.889 bits per heavy atom. The van der Waals surface area contributed by atoms with Crippen molar-refractivity contribution in [3.05, 3.63) is 65.7 Å². The third kappa shape index (κ3) is 2.55. The van der Waals surface area contributed by atoms with Crippen LogP contribution in [0.4, 0.5) is 5.69 Å². The van der Waals surface area contributed by atoms with E-state index in [4.69, 9.17) is 0 Å². The number of nitrogens with zero attached hydrogens (tertiary/aromatic N) is 1. The van der Waals surface area contributed by atoms with E-state index in [-0.39, 0.29) is 23.4 Å². The van der Waals surface area contributed by atoms with E-state index in [1.165, 1.54) is 43.2 Å². The maximum atomic E-state index is 14.0. The van der Waals surface area contributed by atoms with Crippen molar-refractivity contribution in [3.8, 4) is 0 Å². The number of hydrogen-bond acceptors (Lipinski definition) is 1. The molecule has 0 bridgehead atoms. The number of fused-ring (bicyclic) bond motifs is 3. The van der Waals surface area contributed by atoms with Crippen LogP contribution < -0.4 is 22.6 Å². The van der Waals surface area contributed by atoms with Crippen LogP contribution in [0, 0.1) is 0 Å². The SMILES string of the molecule is O=C1N(Cc2ccccc2)c2ccccc2C12CC[NH2+]C21CCCCC1.[Cl-]. The van der Waals surface area contributed by atoms with Crippen molar-refractivity contribution in [2.24, 2.45) is 0 Å². The van der Waals surface area contributed by atoms with Crippen molar-refractivity contribution in [1.82, 2.24) is 0 Å². The van der Waals surface area contributed by atoms with Gasteiger partial charge in [-0.3, -0.25) is 4.79 Å². The van der Waals surface area contributed by atoms with Gasteiger partial charge in [-0.1, -0.05) is 55.0 Å². The number of quaternary nitrogens is 1. The van der Waals surface area contributed by atoms with Gasteiger partial charge >= 0.3 is 0 Å². The van der Waals surface area contributed by atoms with Crippen LogP contribution in [-0.2, 0) is 16.8 Å². The fraction of sp³-hybridized carbons (Fsp3) is 0.435. The van der Waals surface area contributed by atoms with Gasteiger partial charge in [0.15, 0.2) is 0 Å². The number of carbonyl (C=O) groups excluding carboxylic acids is 1. The van der Waals surface area contributed by atoms with Gasteiger partial charge in [0.25, 0.3) is 0 Å². The molecule has 2 aromatic carbocycles. The molecule has 0 aromatic heterocycles. The molecule has 2 fully saturated rings. The summed E-state index contributed by atoms with van der Waals surface area (Å²) in [5.74, 6) is 0.346. The Balaban J connectivity index is 0.00000180. The zero-order valence-electron chi connectivity index (χ0n) is 15.7. The Bertz CT molecular complexity index is 831. The molecule has 5 rings (SSSR count). The molecule has 27 heavy (non-hydrogen) atoms. The van der Waals surface area contributed by atoms with E-state index in [1.54, 1.807) is 0 Å². The maximum absolute atomic E-state index is 14.0. The summed E-state index contributed by atoms with van der Waals surface area (Å²) >= 11 is 0. The fourth-order valence-electron chi connectivity index (χ4n) is 5.97. The van der Waals surface area contributed by atoms with Gasteiger partial charge in [-0.15, -0.1) is 0 Å². The molecule has 1 unspecified atom stereocenters. The molecular formula is C23H27ClN2O. The standard InChI is InChI=1S/C23H26N2O.ClH/c26-21-23(15-16-24-22(23)13-7-2-8-14-22)19-11-5-6-12-20(19)25(21)17-18-9-3-1-4-10-18;/h1,3-6,9-12,24H,2,7-8,13-17H2;1H. The van der Waals surface area contributed by atoms with Crippen molar-refractivity contribution in [3.63, 3.8) is 0 Å². The van der Waals surface area contributed by atoms with E-state index >= 15 is 0 Å². The highest BCUT2D eigenvalue weighted by atomic mass is 35.5. The van der Waals surface area contributed by atoms with E-state index in [0.29, 0.717) is 12.5 Å². The molecule has 1 aliphatic carbocycles. The van der Waals surface area contributed by atoms with Crippen LogP contribution in [0.2, 0.25) is 0 Å². The topological polar surface area (TPSA) is 36.9 Å². The number of amides is 1. The molecule has 2 N–H and O–H groups in total. The number of benzene rings is 2. The molecule has 2 spiro atoms. The van der Waals surface area contributed by atoms with Crippen LogP contribution >= 0.6 is 0 Å². The van der Waals surface area contributed by atoms with Crippen LogP contribution in [-0.4, -0.2) is 18.0 Å². The molecule has 142 valence electrons. The van der Waals surface area contributed by atoms with E-state index < -0.39 is 0 Å². The highest BCUT2D eigenvalue weighted by Gasteiger charge is 2.68. The predicted octanol–water partition coefficient (Wildman–Crippen LogP) is 0.145. The van der Waals surface area contributed by atoms with Crippen molar-refractivity contribution in [2.45, 2.75) is 56.0 Å².